The maximum Gasteiger partial charge on any atom is 0.306 e. The molecule has 0 rings (SSSR count). The van der Waals surface area contributed by atoms with Gasteiger partial charge in [0.05, 0.1) is 6.61 Å². The summed E-state index contributed by atoms with van der Waals surface area (Å²) in [5, 5.41) is 9.61. The van der Waals surface area contributed by atoms with Crippen LogP contribution in [-0.4, -0.2) is 36.4 Å². The lowest BCUT2D eigenvalue weighted by Crippen LogP contribution is -2.28. The maximum atomic E-state index is 12.3. The third kappa shape index (κ3) is 52.1. The number of carbonyl (C=O) groups is 2. The summed E-state index contributed by atoms with van der Waals surface area (Å²) < 4.78 is 10.6. The molecule has 0 aliphatic carbocycles. The van der Waals surface area contributed by atoms with Crippen LogP contribution in [0.4, 0.5) is 0 Å². The highest BCUT2D eigenvalue weighted by Gasteiger charge is 2.16. The van der Waals surface area contributed by atoms with E-state index in [1.165, 1.54) is 32.1 Å². The zero-order valence-electron chi connectivity index (χ0n) is 41.9. The summed E-state index contributed by atoms with van der Waals surface area (Å²) >= 11 is 0. The van der Waals surface area contributed by atoms with E-state index < -0.39 is 6.10 Å². The first-order chi connectivity index (χ1) is 32.6. The Morgan fingerprint density at radius 1 is 0.364 bits per heavy atom. The number of esters is 2. The highest BCUT2D eigenvalue weighted by atomic mass is 16.6. The molecule has 0 saturated heterocycles. The number of aliphatic hydroxyl groups excluding tert-OH is 1. The van der Waals surface area contributed by atoms with Crippen molar-refractivity contribution in [1.29, 1.82) is 0 Å². The molecule has 0 bridgehead atoms. The van der Waals surface area contributed by atoms with Gasteiger partial charge in [-0.1, -0.05) is 210 Å². The second-order valence-corrected chi connectivity index (χ2v) is 16.5. The smallest absolute Gasteiger partial charge is 0.306 e. The van der Waals surface area contributed by atoms with Gasteiger partial charge in [0.25, 0.3) is 0 Å². The SMILES string of the molecule is CC/C=C\C/C=C\C/C=C\C/C=C\C/C=C\C/C=C\C/C=C\C/C=C\C/C=C\C/C=C\C/C=C\CCCCCC(=O)OC(CO)COC(=O)CCCCCCC/C=C\C/C=C\CCCCC. The summed E-state index contributed by atoms with van der Waals surface area (Å²) in [7, 11) is 0. The van der Waals surface area contributed by atoms with Crippen molar-refractivity contribution < 1.29 is 24.2 Å². The molecule has 1 unspecified atom stereocenters. The second-order valence-electron chi connectivity index (χ2n) is 16.5. The van der Waals surface area contributed by atoms with Crippen molar-refractivity contribution in [2.75, 3.05) is 13.2 Å². The molecule has 0 aliphatic rings. The van der Waals surface area contributed by atoms with E-state index in [4.69, 9.17) is 9.47 Å². The van der Waals surface area contributed by atoms with Gasteiger partial charge >= 0.3 is 11.9 Å². The molecule has 0 heterocycles. The Morgan fingerprint density at radius 3 is 1.00 bits per heavy atom. The summed E-state index contributed by atoms with van der Waals surface area (Å²) in [5.41, 5.74) is 0. The Hall–Kier alpha value is -4.48. The average Bonchev–Trinajstić information content (AvgIpc) is 3.32. The van der Waals surface area contributed by atoms with E-state index in [-0.39, 0.29) is 25.2 Å². The van der Waals surface area contributed by atoms with Gasteiger partial charge in [-0.2, -0.15) is 0 Å². The number of aliphatic hydroxyl groups is 1. The van der Waals surface area contributed by atoms with E-state index in [1.807, 2.05) is 0 Å². The van der Waals surface area contributed by atoms with Crippen molar-refractivity contribution >= 4 is 11.9 Å². The van der Waals surface area contributed by atoms with Crippen LogP contribution in [0.15, 0.2) is 158 Å². The molecule has 1 atom stereocenters. The topological polar surface area (TPSA) is 72.8 Å². The molecule has 0 aromatic carbocycles. The Balaban J connectivity index is 3.72. The highest BCUT2D eigenvalue weighted by molar-refractivity contribution is 5.70. The molecule has 0 aliphatic heterocycles. The lowest BCUT2D eigenvalue weighted by molar-refractivity contribution is -0.161. The van der Waals surface area contributed by atoms with E-state index in [2.05, 4.69) is 172 Å². The van der Waals surface area contributed by atoms with Crippen LogP contribution in [0.5, 0.6) is 0 Å². The number of allylic oxidation sites excluding steroid dienone is 26. The van der Waals surface area contributed by atoms with Gasteiger partial charge in [0.2, 0.25) is 0 Å². The number of unbranched alkanes of at least 4 members (excludes halogenated alkanes) is 11. The van der Waals surface area contributed by atoms with Crippen molar-refractivity contribution in [2.45, 2.75) is 200 Å². The zero-order chi connectivity index (χ0) is 47.7. The maximum absolute atomic E-state index is 12.3. The fraction of sp³-hybridized carbons (Fsp3) is 0.541. The summed E-state index contributed by atoms with van der Waals surface area (Å²) in [6.45, 7) is 3.94. The highest BCUT2D eigenvalue weighted by Crippen LogP contribution is 2.11. The van der Waals surface area contributed by atoms with Gasteiger partial charge in [-0.15, -0.1) is 0 Å². The summed E-state index contributed by atoms with van der Waals surface area (Å²) in [6, 6.07) is 0. The monoisotopic (exact) mass is 907 g/mol. The largest absolute Gasteiger partial charge is 0.462 e. The Labute approximate surface area is 405 Å². The van der Waals surface area contributed by atoms with Crippen LogP contribution in [0.1, 0.15) is 194 Å². The molecule has 368 valence electrons. The van der Waals surface area contributed by atoms with Gasteiger partial charge in [-0.05, 0) is 128 Å². The quantitative estimate of drug-likeness (QED) is 0.0374. The predicted molar refractivity (Wildman–Crippen MR) is 287 cm³/mol. The van der Waals surface area contributed by atoms with Crippen molar-refractivity contribution in [2.24, 2.45) is 0 Å². The van der Waals surface area contributed by atoms with Crippen molar-refractivity contribution in [3.05, 3.63) is 158 Å². The molecule has 0 saturated carbocycles. The molecule has 0 radical (unpaired) electrons. The van der Waals surface area contributed by atoms with E-state index in [1.54, 1.807) is 0 Å². The molecule has 1 N–H and O–H groups in total. The van der Waals surface area contributed by atoms with Crippen LogP contribution in [-0.2, 0) is 19.1 Å². The molecule has 0 fully saturated rings. The van der Waals surface area contributed by atoms with Gasteiger partial charge in [0, 0.05) is 12.8 Å². The number of ether oxygens (including phenoxy) is 2. The first-order valence-corrected chi connectivity index (χ1v) is 26.0. The standard InChI is InChI=1S/C61H94O5/c1-3-5-7-9-11-13-15-17-19-20-21-22-23-24-25-26-27-28-29-30-31-32-33-34-35-36-37-38-39-40-42-44-46-48-50-52-54-56-61(64)66-59(57-62)58-65-60(63)55-53-51-49-47-45-43-41-18-16-14-12-10-8-6-4-2/h5,7,11-14,17-19,21-22,24-25,27-28,30-31,33-34,36-37,39-41,44,46,59,62H,3-4,6,8-10,15-16,20,23,26,29,32,35,38,42-43,45,47-58H2,1-2H3/b7-5-,13-11-,14-12-,19-17-,22-21-,25-24-,28-27-,31-30-,34-33-,37-36-,40-39-,41-18-,46-44-. The van der Waals surface area contributed by atoms with Crippen LogP contribution < -0.4 is 0 Å². The molecule has 66 heavy (non-hydrogen) atoms. The fourth-order valence-electron chi connectivity index (χ4n) is 6.41. The molecule has 5 heteroatoms. The molecular weight excluding hydrogens is 813 g/mol. The average molecular weight is 907 g/mol. The molecule has 5 nitrogen and oxygen atoms in total. The third-order valence-corrected chi connectivity index (χ3v) is 10.3. The van der Waals surface area contributed by atoms with Crippen LogP contribution >= 0.6 is 0 Å². The summed E-state index contributed by atoms with van der Waals surface area (Å²) in [6.07, 6.45) is 84.8. The van der Waals surface area contributed by atoms with E-state index in [0.29, 0.717) is 12.8 Å². The van der Waals surface area contributed by atoms with Gasteiger partial charge in [-0.3, -0.25) is 9.59 Å². The summed E-state index contributed by atoms with van der Waals surface area (Å²) in [4.78, 5) is 24.4. The minimum atomic E-state index is -0.807. The van der Waals surface area contributed by atoms with Crippen LogP contribution in [0, 0.1) is 0 Å². The first kappa shape index (κ1) is 61.5. The van der Waals surface area contributed by atoms with Gasteiger partial charge in [0.1, 0.15) is 6.61 Å². The fourth-order valence-corrected chi connectivity index (χ4v) is 6.41. The molecular formula is C61H94O5. The first-order valence-electron chi connectivity index (χ1n) is 26.0. The lowest BCUT2D eigenvalue weighted by Gasteiger charge is -2.15. The number of hydrogen-bond donors (Lipinski definition) is 1. The molecule has 0 amide bonds. The molecule has 0 aromatic rings. The summed E-state index contributed by atoms with van der Waals surface area (Å²) in [5.74, 6) is -0.659. The van der Waals surface area contributed by atoms with Crippen LogP contribution in [0.3, 0.4) is 0 Å². The minimum absolute atomic E-state index is 0.0973. The van der Waals surface area contributed by atoms with Crippen LogP contribution in [0.25, 0.3) is 0 Å². The van der Waals surface area contributed by atoms with Gasteiger partial charge in [-0.25, -0.2) is 0 Å². The van der Waals surface area contributed by atoms with Gasteiger partial charge in [0.15, 0.2) is 6.10 Å². The van der Waals surface area contributed by atoms with E-state index in [9.17, 15) is 14.7 Å². The minimum Gasteiger partial charge on any atom is -0.462 e. The number of carbonyl (C=O) groups excluding carboxylic acids is 2. The Bertz CT molecular complexity index is 1490. The second kappa shape index (κ2) is 54.9. The van der Waals surface area contributed by atoms with E-state index in [0.717, 1.165) is 135 Å². The normalized spacial score (nSPS) is 13.6. The number of hydrogen-bond acceptors (Lipinski definition) is 5. The zero-order valence-corrected chi connectivity index (χ0v) is 41.9. The Kier molecular flexibility index (Phi) is 51.1. The number of rotatable bonds is 45. The predicted octanol–water partition coefficient (Wildman–Crippen LogP) is 17.6. The van der Waals surface area contributed by atoms with Crippen LogP contribution in [0.2, 0.25) is 0 Å². The third-order valence-electron chi connectivity index (χ3n) is 10.3. The Morgan fingerprint density at radius 2 is 0.652 bits per heavy atom. The van der Waals surface area contributed by atoms with E-state index >= 15 is 0 Å². The van der Waals surface area contributed by atoms with Crippen molar-refractivity contribution in [1.82, 2.24) is 0 Å². The molecule has 0 aromatic heterocycles. The van der Waals surface area contributed by atoms with Crippen molar-refractivity contribution in [3.8, 4) is 0 Å². The van der Waals surface area contributed by atoms with Gasteiger partial charge < -0.3 is 14.6 Å². The van der Waals surface area contributed by atoms with Crippen molar-refractivity contribution in [3.63, 3.8) is 0 Å². The lowest BCUT2D eigenvalue weighted by atomic mass is 10.1. The molecule has 0 spiro atoms.